The van der Waals surface area contributed by atoms with Crippen molar-refractivity contribution in [2.24, 2.45) is 0 Å². The van der Waals surface area contributed by atoms with Crippen LogP contribution in [0.3, 0.4) is 0 Å². The standard InChI is InChI=1S/C22H38O2/c1-4-7-10-11-12-13-14-15-16-17-18-19-22(23-20-8-5-2)24-21-9-6-3/h4,11-12,22H,1,5-6,8-9,13-21H2,2-3H3/b12-11+. The van der Waals surface area contributed by atoms with E-state index in [0.717, 1.165) is 38.9 Å². The van der Waals surface area contributed by atoms with Crippen LogP contribution in [0.5, 0.6) is 0 Å². The molecule has 0 aliphatic rings. The van der Waals surface area contributed by atoms with Crippen LogP contribution in [0.1, 0.15) is 84.5 Å². The zero-order valence-corrected chi connectivity index (χ0v) is 16.0. The van der Waals surface area contributed by atoms with Gasteiger partial charge in [-0.15, -0.1) is 0 Å². The predicted molar refractivity (Wildman–Crippen MR) is 105 cm³/mol. The van der Waals surface area contributed by atoms with Gasteiger partial charge in [-0.2, -0.15) is 0 Å². The largest absolute Gasteiger partial charge is 0.353 e. The van der Waals surface area contributed by atoms with Gasteiger partial charge in [0.05, 0.1) is 0 Å². The Balaban J connectivity index is 3.62. The Hall–Kier alpha value is -1.04. The van der Waals surface area contributed by atoms with Gasteiger partial charge in [0.1, 0.15) is 0 Å². The Morgan fingerprint density at radius 3 is 2.08 bits per heavy atom. The Morgan fingerprint density at radius 1 is 0.833 bits per heavy atom. The van der Waals surface area contributed by atoms with E-state index in [0.29, 0.717) is 0 Å². The molecule has 0 rings (SSSR count). The second kappa shape index (κ2) is 20.0. The van der Waals surface area contributed by atoms with Crippen LogP contribution in [-0.4, -0.2) is 19.5 Å². The molecule has 138 valence electrons. The number of allylic oxidation sites excluding steroid dienone is 3. The van der Waals surface area contributed by atoms with E-state index in [1.165, 1.54) is 44.9 Å². The number of hydrogen-bond acceptors (Lipinski definition) is 2. The van der Waals surface area contributed by atoms with Crippen molar-refractivity contribution in [2.45, 2.75) is 90.8 Å². The van der Waals surface area contributed by atoms with E-state index in [1.54, 1.807) is 6.08 Å². The van der Waals surface area contributed by atoms with Crippen LogP contribution in [0.4, 0.5) is 0 Å². The van der Waals surface area contributed by atoms with Crippen LogP contribution in [0.2, 0.25) is 0 Å². The zero-order valence-electron chi connectivity index (χ0n) is 16.0. The Kier molecular flexibility index (Phi) is 19.1. The molecule has 0 aromatic carbocycles. The van der Waals surface area contributed by atoms with Gasteiger partial charge in [-0.25, -0.2) is 0 Å². The number of rotatable bonds is 16. The predicted octanol–water partition coefficient (Wildman–Crippen LogP) is 6.42. The summed E-state index contributed by atoms with van der Waals surface area (Å²) >= 11 is 0. The summed E-state index contributed by atoms with van der Waals surface area (Å²) in [6.45, 7) is 9.60. The molecule has 0 saturated heterocycles. The molecule has 0 amide bonds. The van der Waals surface area contributed by atoms with E-state index in [4.69, 9.17) is 9.47 Å². The molecule has 0 unspecified atom stereocenters. The minimum atomic E-state index is 0.00877. The molecule has 0 saturated carbocycles. The van der Waals surface area contributed by atoms with Gasteiger partial charge in [-0.1, -0.05) is 70.4 Å². The number of ether oxygens (including phenoxy) is 2. The van der Waals surface area contributed by atoms with E-state index in [-0.39, 0.29) is 6.29 Å². The summed E-state index contributed by atoms with van der Waals surface area (Å²) in [5.74, 6) is 5.74. The minimum Gasteiger partial charge on any atom is -0.353 e. The summed E-state index contributed by atoms with van der Waals surface area (Å²) in [6.07, 6.45) is 18.7. The van der Waals surface area contributed by atoms with Gasteiger partial charge in [0, 0.05) is 13.2 Å². The van der Waals surface area contributed by atoms with Crippen LogP contribution in [0, 0.1) is 11.8 Å². The Bertz CT molecular complexity index is 339. The topological polar surface area (TPSA) is 18.5 Å². The average Bonchev–Trinajstić information content (AvgIpc) is 2.59. The zero-order chi connectivity index (χ0) is 17.7. The summed E-state index contributed by atoms with van der Waals surface area (Å²) < 4.78 is 11.7. The molecule has 0 aliphatic heterocycles. The van der Waals surface area contributed by atoms with Crippen molar-refractivity contribution >= 4 is 0 Å². The monoisotopic (exact) mass is 334 g/mol. The van der Waals surface area contributed by atoms with E-state index in [9.17, 15) is 0 Å². The number of hydrogen-bond donors (Lipinski definition) is 0. The van der Waals surface area contributed by atoms with E-state index >= 15 is 0 Å². The smallest absolute Gasteiger partial charge is 0.157 e. The van der Waals surface area contributed by atoms with Gasteiger partial charge in [0.15, 0.2) is 6.29 Å². The van der Waals surface area contributed by atoms with Crippen LogP contribution in [0.15, 0.2) is 24.8 Å². The third-order valence-electron chi connectivity index (χ3n) is 3.80. The second-order valence-corrected chi connectivity index (χ2v) is 6.12. The summed E-state index contributed by atoms with van der Waals surface area (Å²) in [5.41, 5.74) is 0. The maximum atomic E-state index is 5.87. The summed E-state index contributed by atoms with van der Waals surface area (Å²) in [4.78, 5) is 0. The normalized spacial score (nSPS) is 11.0. The van der Waals surface area contributed by atoms with E-state index in [2.05, 4.69) is 38.3 Å². The van der Waals surface area contributed by atoms with Crippen molar-refractivity contribution in [1.29, 1.82) is 0 Å². The number of unbranched alkanes of at least 4 members (excludes halogenated alkanes) is 7. The maximum absolute atomic E-state index is 5.87. The van der Waals surface area contributed by atoms with E-state index < -0.39 is 0 Å². The SMILES string of the molecule is C=CC#C/C=C/CCCCCCCC(OCCCC)OCCCC. The molecule has 0 spiro atoms. The van der Waals surface area contributed by atoms with E-state index in [1.807, 2.05) is 6.08 Å². The Morgan fingerprint density at radius 2 is 1.46 bits per heavy atom. The first-order valence-corrected chi connectivity index (χ1v) is 9.85. The fraction of sp³-hybridized carbons (Fsp3) is 0.727. The molecular formula is C22H38O2. The lowest BCUT2D eigenvalue weighted by Crippen LogP contribution is -2.18. The van der Waals surface area contributed by atoms with Crippen LogP contribution in [0.25, 0.3) is 0 Å². The average molecular weight is 335 g/mol. The van der Waals surface area contributed by atoms with Crippen molar-refractivity contribution in [3.63, 3.8) is 0 Å². The van der Waals surface area contributed by atoms with Gasteiger partial charge in [-0.3, -0.25) is 0 Å². The van der Waals surface area contributed by atoms with Crippen LogP contribution >= 0.6 is 0 Å². The van der Waals surface area contributed by atoms with Gasteiger partial charge < -0.3 is 9.47 Å². The highest BCUT2D eigenvalue weighted by Gasteiger charge is 2.08. The molecule has 0 N–H and O–H groups in total. The van der Waals surface area contributed by atoms with Gasteiger partial charge >= 0.3 is 0 Å². The van der Waals surface area contributed by atoms with Crippen molar-refractivity contribution in [2.75, 3.05) is 13.2 Å². The second-order valence-electron chi connectivity index (χ2n) is 6.12. The molecule has 0 bridgehead atoms. The third-order valence-corrected chi connectivity index (χ3v) is 3.80. The molecule has 0 fully saturated rings. The maximum Gasteiger partial charge on any atom is 0.157 e. The van der Waals surface area contributed by atoms with Crippen molar-refractivity contribution in [3.05, 3.63) is 24.8 Å². The van der Waals surface area contributed by atoms with Gasteiger partial charge in [-0.05, 0) is 50.7 Å². The molecule has 0 heterocycles. The lowest BCUT2D eigenvalue weighted by Gasteiger charge is -2.18. The molecule has 24 heavy (non-hydrogen) atoms. The summed E-state index contributed by atoms with van der Waals surface area (Å²) in [6, 6.07) is 0. The Labute approximate surface area is 150 Å². The lowest BCUT2D eigenvalue weighted by molar-refractivity contribution is -0.147. The lowest BCUT2D eigenvalue weighted by atomic mass is 10.1. The summed E-state index contributed by atoms with van der Waals surface area (Å²) in [5, 5.41) is 0. The van der Waals surface area contributed by atoms with Crippen LogP contribution in [-0.2, 0) is 9.47 Å². The first kappa shape index (κ1) is 23.0. The quantitative estimate of drug-likeness (QED) is 0.184. The van der Waals surface area contributed by atoms with Gasteiger partial charge in [0.25, 0.3) is 0 Å². The molecule has 2 heteroatoms. The highest BCUT2D eigenvalue weighted by Crippen LogP contribution is 2.12. The fourth-order valence-electron chi connectivity index (χ4n) is 2.29. The van der Waals surface area contributed by atoms with Crippen molar-refractivity contribution < 1.29 is 9.47 Å². The van der Waals surface area contributed by atoms with Gasteiger partial charge in [0.2, 0.25) is 0 Å². The minimum absolute atomic E-state index is 0.00877. The highest BCUT2D eigenvalue weighted by atomic mass is 16.7. The molecule has 0 atom stereocenters. The first-order valence-electron chi connectivity index (χ1n) is 9.85. The third kappa shape index (κ3) is 17.3. The molecule has 0 aromatic heterocycles. The fourth-order valence-corrected chi connectivity index (χ4v) is 2.29. The van der Waals surface area contributed by atoms with Crippen LogP contribution < -0.4 is 0 Å². The molecule has 0 aliphatic carbocycles. The molecule has 0 radical (unpaired) electrons. The highest BCUT2D eigenvalue weighted by molar-refractivity contribution is 5.21. The molecular weight excluding hydrogens is 296 g/mol. The molecule has 2 nitrogen and oxygen atoms in total. The molecule has 0 aromatic rings. The van der Waals surface area contributed by atoms with Crippen molar-refractivity contribution in [1.82, 2.24) is 0 Å². The van der Waals surface area contributed by atoms with Crippen molar-refractivity contribution in [3.8, 4) is 11.8 Å². The summed E-state index contributed by atoms with van der Waals surface area (Å²) in [7, 11) is 0. The first-order chi connectivity index (χ1) is 11.8.